The Morgan fingerprint density at radius 2 is 2.05 bits per heavy atom. The van der Waals surface area contributed by atoms with Gasteiger partial charge in [0.05, 0.1) is 10.8 Å². The second kappa shape index (κ2) is 6.64. The zero-order valence-electron chi connectivity index (χ0n) is 12.5. The van der Waals surface area contributed by atoms with Crippen molar-refractivity contribution in [2.75, 3.05) is 0 Å². The number of nitrogens with zero attached hydrogens (tertiary/aromatic N) is 1. The number of hydrogen-bond acceptors (Lipinski definition) is 4. The lowest BCUT2D eigenvalue weighted by Gasteiger charge is -2.20. The molecule has 0 aliphatic heterocycles. The Bertz CT molecular complexity index is 556. The van der Waals surface area contributed by atoms with Crippen molar-refractivity contribution in [2.45, 2.75) is 46.8 Å². The summed E-state index contributed by atoms with van der Waals surface area (Å²) in [5.41, 5.74) is 3.30. The van der Waals surface area contributed by atoms with Gasteiger partial charge in [0.15, 0.2) is 0 Å². The Labute approximate surface area is 125 Å². The largest absolute Gasteiger partial charge is 0.444 e. The van der Waals surface area contributed by atoms with Gasteiger partial charge < -0.3 is 10.1 Å². The van der Waals surface area contributed by atoms with Gasteiger partial charge in [-0.2, -0.15) is 4.99 Å². The molecule has 20 heavy (non-hydrogen) atoms. The monoisotopic (exact) mass is 292 g/mol. The molecule has 1 rings (SSSR count). The summed E-state index contributed by atoms with van der Waals surface area (Å²) in [6.45, 7) is 9.79. The maximum atomic E-state index is 11.6. The van der Waals surface area contributed by atoms with E-state index in [-0.39, 0.29) is 0 Å². The fourth-order valence-corrected chi connectivity index (χ4v) is 1.86. The van der Waals surface area contributed by atoms with E-state index in [2.05, 4.69) is 27.7 Å². The average molecular weight is 292 g/mol. The Hall–Kier alpha value is -1.71. The van der Waals surface area contributed by atoms with Crippen LogP contribution in [0.15, 0.2) is 17.1 Å². The molecule has 1 N–H and O–H groups in total. The minimum Gasteiger partial charge on any atom is -0.444 e. The molecule has 108 valence electrons. The van der Waals surface area contributed by atoms with E-state index >= 15 is 0 Å². The first-order valence-corrected chi connectivity index (χ1v) is 6.79. The molecule has 0 radical (unpaired) electrons. The molecule has 0 aliphatic carbocycles. The van der Waals surface area contributed by atoms with Crippen molar-refractivity contribution >= 4 is 29.2 Å². The average Bonchev–Trinajstić information content (AvgIpc) is 2.31. The van der Waals surface area contributed by atoms with Crippen molar-refractivity contribution in [3.05, 3.63) is 28.8 Å². The van der Waals surface area contributed by atoms with Crippen LogP contribution in [0.4, 0.5) is 10.5 Å². The van der Waals surface area contributed by atoms with Crippen LogP contribution in [0.3, 0.4) is 0 Å². The summed E-state index contributed by atoms with van der Waals surface area (Å²) in [6.07, 6.45) is -0.433. The van der Waals surface area contributed by atoms with Crippen molar-refractivity contribution in [2.24, 2.45) is 4.99 Å². The van der Waals surface area contributed by atoms with E-state index in [0.717, 1.165) is 22.4 Å². The van der Waals surface area contributed by atoms with Crippen LogP contribution in [0.5, 0.6) is 0 Å². The summed E-state index contributed by atoms with van der Waals surface area (Å²) in [6, 6.07) is 3.91. The number of aliphatic imine (C=N–C) groups is 1. The van der Waals surface area contributed by atoms with Crippen LogP contribution in [-0.4, -0.2) is 16.9 Å². The van der Waals surface area contributed by atoms with E-state index in [4.69, 9.17) is 4.74 Å². The molecule has 0 saturated heterocycles. The van der Waals surface area contributed by atoms with E-state index in [1.165, 1.54) is 0 Å². The molecule has 1 amide bonds. The van der Waals surface area contributed by atoms with Crippen molar-refractivity contribution in [3.63, 3.8) is 0 Å². The molecule has 0 atom stereocenters. The van der Waals surface area contributed by atoms with Gasteiger partial charge in [0, 0.05) is 6.54 Å². The van der Waals surface area contributed by atoms with Gasteiger partial charge in [-0.05, 0) is 63.5 Å². The molecule has 0 bridgehead atoms. The number of ether oxygens (including phenoxy) is 1. The van der Waals surface area contributed by atoms with Crippen molar-refractivity contribution in [3.8, 4) is 0 Å². The Morgan fingerprint density at radius 1 is 1.40 bits per heavy atom. The molecule has 0 fully saturated rings. The second-order valence-electron chi connectivity index (χ2n) is 5.57. The molecule has 4 nitrogen and oxygen atoms in total. The summed E-state index contributed by atoms with van der Waals surface area (Å²) in [5, 5.41) is 5.12. The zero-order valence-corrected chi connectivity index (χ0v) is 13.4. The zero-order chi connectivity index (χ0) is 15.3. The number of rotatable bonds is 3. The highest BCUT2D eigenvalue weighted by Gasteiger charge is 2.16. The topological polar surface area (TPSA) is 50.7 Å². The molecular formula is C15H20N2O2S. The molecule has 0 saturated carbocycles. The van der Waals surface area contributed by atoms with E-state index in [1.807, 2.05) is 46.8 Å². The second-order valence-corrected chi connectivity index (χ2v) is 5.76. The summed E-state index contributed by atoms with van der Waals surface area (Å²) < 4.78 is 5.20. The quantitative estimate of drug-likeness (QED) is 0.675. The van der Waals surface area contributed by atoms with Gasteiger partial charge in [0.2, 0.25) is 0 Å². The summed E-state index contributed by atoms with van der Waals surface area (Å²) in [7, 11) is 0. The van der Waals surface area contributed by atoms with Crippen LogP contribution in [0.25, 0.3) is 0 Å². The first-order chi connectivity index (χ1) is 9.24. The first-order valence-electron chi connectivity index (χ1n) is 6.38. The van der Waals surface area contributed by atoms with Gasteiger partial charge in [0.1, 0.15) is 5.60 Å². The Morgan fingerprint density at radius 3 is 2.60 bits per heavy atom. The molecule has 0 aliphatic rings. The smallest absolute Gasteiger partial charge is 0.407 e. The number of amides is 1. The van der Waals surface area contributed by atoms with E-state index in [9.17, 15) is 4.79 Å². The third-order valence-electron chi connectivity index (χ3n) is 2.72. The van der Waals surface area contributed by atoms with Crippen LogP contribution in [0.2, 0.25) is 0 Å². The lowest BCUT2D eigenvalue weighted by atomic mass is 10.0. The molecule has 1 aromatic rings. The number of nitrogens with one attached hydrogen (secondary N) is 1. The summed E-state index contributed by atoms with van der Waals surface area (Å²) in [5.74, 6) is 0. The Kier molecular flexibility index (Phi) is 5.43. The molecule has 0 heterocycles. The Balaban J connectivity index is 2.82. The van der Waals surface area contributed by atoms with E-state index < -0.39 is 11.7 Å². The van der Waals surface area contributed by atoms with Crippen LogP contribution in [-0.2, 0) is 11.3 Å². The fraction of sp³-hybridized carbons (Fsp3) is 0.467. The predicted molar refractivity (Wildman–Crippen MR) is 83.7 cm³/mol. The standard InChI is InChI=1S/C15H20N2O2S/c1-10-6-7-12(11(2)13(10)17-9-20)8-16-14(18)19-15(3,4)5/h6-7H,8H2,1-5H3,(H,16,18). The highest BCUT2D eigenvalue weighted by Crippen LogP contribution is 2.26. The maximum Gasteiger partial charge on any atom is 0.407 e. The van der Waals surface area contributed by atoms with Gasteiger partial charge in [-0.15, -0.1) is 0 Å². The number of carbonyl (C=O) groups excluding carboxylic acids is 1. The van der Waals surface area contributed by atoms with E-state index in [1.54, 1.807) is 0 Å². The minimum absolute atomic E-state index is 0.390. The molecule has 0 spiro atoms. The fourth-order valence-electron chi connectivity index (χ4n) is 1.77. The van der Waals surface area contributed by atoms with E-state index in [0.29, 0.717) is 6.54 Å². The van der Waals surface area contributed by atoms with Crippen molar-refractivity contribution in [1.82, 2.24) is 5.32 Å². The predicted octanol–water partition coefficient (Wildman–Crippen LogP) is 4.06. The molecule has 1 aromatic carbocycles. The van der Waals surface area contributed by atoms with Crippen LogP contribution in [0.1, 0.15) is 37.5 Å². The highest BCUT2D eigenvalue weighted by atomic mass is 32.1. The number of aryl methyl sites for hydroxylation is 1. The SMILES string of the molecule is Cc1ccc(CNC(=O)OC(C)(C)C)c(C)c1N=C=S. The van der Waals surface area contributed by atoms with Crippen LogP contribution >= 0.6 is 12.2 Å². The number of benzene rings is 1. The minimum atomic E-state index is -0.501. The number of hydrogen-bond donors (Lipinski definition) is 1. The van der Waals surface area contributed by atoms with Crippen molar-refractivity contribution in [1.29, 1.82) is 0 Å². The highest BCUT2D eigenvalue weighted by molar-refractivity contribution is 7.78. The number of isothiocyanates is 1. The molecule has 0 unspecified atom stereocenters. The normalized spacial score (nSPS) is 10.7. The van der Waals surface area contributed by atoms with Gasteiger partial charge in [-0.25, -0.2) is 4.79 Å². The van der Waals surface area contributed by atoms with Crippen LogP contribution in [0, 0.1) is 13.8 Å². The molecule has 0 aromatic heterocycles. The van der Waals surface area contributed by atoms with Gasteiger partial charge in [0.25, 0.3) is 0 Å². The number of thiocarbonyl (C=S) groups is 1. The summed E-state index contributed by atoms with van der Waals surface area (Å²) in [4.78, 5) is 15.7. The molecular weight excluding hydrogens is 272 g/mol. The third kappa shape index (κ3) is 4.76. The lowest BCUT2D eigenvalue weighted by molar-refractivity contribution is 0.0523. The number of carbonyl (C=O) groups is 1. The van der Waals surface area contributed by atoms with Gasteiger partial charge >= 0.3 is 6.09 Å². The number of alkyl carbamates (subject to hydrolysis) is 1. The van der Waals surface area contributed by atoms with Crippen LogP contribution < -0.4 is 5.32 Å². The maximum absolute atomic E-state index is 11.6. The third-order valence-corrected chi connectivity index (χ3v) is 2.82. The van der Waals surface area contributed by atoms with Gasteiger partial charge in [-0.3, -0.25) is 0 Å². The molecule has 5 heteroatoms. The lowest BCUT2D eigenvalue weighted by Crippen LogP contribution is -2.32. The summed E-state index contributed by atoms with van der Waals surface area (Å²) >= 11 is 4.66. The first kappa shape index (κ1) is 16.3. The van der Waals surface area contributed by atoms with Gasteiger partial charge in [-0.1, -0.05) is 12.1 Å². The van der Waals surface area contributed by atoms with Crippen molar-refractivity contribution < 1.29 is 9.53 Å².